The zero-order valence-corrected chi connectivity index (χ0v) is 22.6. The molecule has 4 aromatic rings. The van der Waals surface area contributed by atoms with Crippen molar-refractivity contribution in [3.05, 3.63) is 105 Å². The summed E-state index contributed by atoms with van der Waals surface area (Å²) in [6.45, 7) is 4.44. The molecule has 1 N–H and O–H groups in total. The highest BCUT2D eigenvalue weighted by atomic mass is 79.9. The van der Waals surface area contributed by atoms with Crippen molar-refractivity contribution in [3.8, 4) is 17.6 Å². The Kier molecular flexibility index (Phi) is 8.27. The summed E-state index contributed by atoms with van der Waals surface area (Å²) in [7, 11) is 1.56. The van der Waals surface area contributed by atoms with Gasteiger partial charge in [0.2, 0.25) is 0 Å². The van der Waals surface area contributed by atoms with E-state index in [1.807, 2.05) is 49.4 Å². The maximum Gasteiger partial charge on any atom is 0.266 e. The number of nitriles is 1. The molecule has 0 radical (unpaired) electrons. The van der Waals surface area contributed by atoms with Gasteiger partial charge < -0.3 is 14.8 Å². The van der Waals surface area contributed by atoms with Crippen molar-refractivity contribution in [2.24, 2.45) is 0 Å². The SMILES string of the molecule is CCc1ccccc1NC(=O)/C(C#N)=C/c1cc(Br)c(OCc2c(C)ccc3ccccc23)c(OC)c1. The van der Waals surface area contributed by atoms with Gasteiger partial charge in [0.05, 0.1) is 11.6 Å². The van der Waals surface area contributed by atoms with E-state index in [2.05, 4.69) is 52.4 Å². The number of hydrogen-bond acceptors (Lipinski definition) is 4. The van der Waals surface area contributed by atoms with Crippen molar-refractivity contribution in [2.45, 2.75) is 26.9 Å². The van der Waals surface area contributed by atoms with Crippen molar-refractivity contribution in [2.75, 3.05) is 12.4 Å². The Hall–Kier alpha value is -4.08. The van der Waals surface area contributed by atoms with Gasteiger partial charge >= 0.3 is 0 Å². The second-order valence-corrected chi connectivity index (χ2v) is 9.39. The number of aryl methyl sites for hydroxylation is 2. The van der Waals surface area contributed by atoms with Gasteiger partial charge in [0.1, 0.15) is 18.2 Å². The summed E-state index contributed by atoms with van der Waals surface area (Å²) < 4.78 is 12.5. The van der Waals surface area contributed by atoms with Gasteiger partial charge in [0.25, 0.3) is 5.91 Å². The number of amides is 1. The molecule has 0 aliphatic heterocycles. The first-order chi connectivity index (χ1) is 17.9. The number of rotatable bonds is 8. The summed E-state index contributed by atoms with van der Waals surface area (Å²) >= 11 is 3.58. The lowest BCUT2D eigenvalue weighted by atomic mass is 10.0. The van der Waals surface area contributed by atoms with Gasteiger partial charge in [-0.05, 0) is 81.0 Å². The van der Waals surface area contributed by atoms with Gasteiger partial charge in [-0.25, -0.2) is 0 Å². The van der Waals surface area contributed by atoms with Crippen LogP contribution in [0.25, 0.3) is 16.8 Å². The van der Waals surface area contributed by atoms with Crippen LogP contribution < -0.4 is 14.8 Å². The third-order valence-corrected chi connectivity index (χ3v) is 6.80. The second-order valence-electron chi connectivity index (χ2n) is 8.54. The summed E-state index contributed by atoms with van der Waals surface area (Å²) in [5.41, 5.74) is 4.56. The quantitative estimate of drug-likeness (QED) is 0.180. The fourth-order valence-electron chi connectivity index (χ4n) is 4.20. The molecule has 0 aliphatic carbocycles. The first-order valence-electron chi connectivity index (χ1n) is 11.9. The predicted molar refractivity (Wildman–Crippen MR) is 152 cm³/mol. The molecule has 0 bridgehead atoms. The Morgan fingerprint density at radius 2 is 1.84 bits per heavy atom. The maximum absolute atomic E-state index is 12.9. The van der Waals surface area contributed by atoms with E-state index >= 15 is 0 Å². The number of nitrogens with one attached hydrogen (secondary N) is 1. The topological polar surface area (TPSA) is 71.4 Å². The smallest absolute Gasteiger partial charge is 0.266 e. The number of hydrogen-bond donors (Lipinski definition) is 1. The lowest BCUT2D eigenvalue weighted by molar-refractivity contribution is -0.112. The summed E-state index contributed by atoms with van der Waals surface area (Å²) in [5.74, 6) is 0.574. The number of para-hydroxylation sites is 1. The van der Waals surface area contributed by atoms with E-state index in [1.54, 1.807) is 19.2 Å². The molecule has 0 heterocycles. The summed E-state index contributed by atoms with van der Waals surface area (Å²) in [4.78, 5) is 12.9. The van der Waals surface area contributed by atoms with E-state index < -0.39 is 5.91 Å². The molecule has 0 spiro atoms. The Labute approximate surface area is 225 Å². The van der Waals surface area contributed by atoms with E-state index in [4.69, 9.17) is 9.47 Å². The molecule has 5 nitrogen and oxygen atoms in total. The predicted octanol–water partition coefficient (Wildman–Crippen LogP) is 7.61. The first kappa shape index (κ1) is 26.0. The molecule has 1 amide bonds. The minimum absolute atomic E-state index is 0.0140. The minimum Gasteiger partial charge on any atom is -0.493 e. The molecule has 37 heavy (non-hydrogen) atoms. The fourth-order valence-corrected chi connectivity index (χ4v) is 4.77. The number of nitrogens with zero attached hydrogens (tertiary/aromatic N) is 1. The van der Waals surface area contributed by atoms with Crippen LogP contribution in [-0.4, -0.2) is 13.0 Å². The molecule has 0 atom stereocenters. The molecule has 0 fully saturated rings. The van der Waals surface area contributed by atoms with Crippen LogP contribution in [0.3, 0.4) is 0 Å². The van der Waals surface area contributed by atoms with E-state index in [0.717, 1.165) is 33.9 Å². The highest BCUT2D eigenvalue weighted by molar-refractivity contribution is 9.10. The van der Waals surface area contributed by atoms with E-state index in [1.165, 1.54) is 6.08 Å². The molecule has 0 saturated heterocycles. The Bertz CT molecular complexity index is 1540. The van der Waals surface area contributed by atoms with E-state index in [0.29, 0.717) is 33.8 Å². The highest BCUT2D eigenvalue weighted by Crippen LogP contribution is 2.38. The molecule has 0 aliphatic rings. The molecule has 0 unspecified atom stereocenters. The first-order valence-corrected chi connectivity index (χ1v) is 12.7. The van der Waals surface area contributed by atoms with Gasteiger partial charge in [-0.15, -0.1) is 0 Å². The average molecular weight is 555 g/mol. The van der Waals surface area contributed by atoms with Gasteiger partial charge in [-0.3, -0.25) is 4.79 Å². The highest BCUT2D eigenvalue weighted by Gasteiger charge is 2.16. The van der Waals surface area contributed by atoms with Crippen LogP contribution in [0.15, 0.2) is 82.8 Å². The zero-order valence-electron chi connectivity index (χ0n) is 21.0. The number of ether oxygens (including phenoxy) is 2. The van der Waals surface area contributed by atoms with E-state index in [9.17, 15) is 10.1 Å². The van der Waals surface area contributed by atoms with Crippen molar-refractivity contribution < 1.29 is 14.3 Å². The van der Waals surface area contributed by atoms with Crippen molar-refractivity contribution in [1.82, 2.24) is 0 Å². The third-order valence-electron chi connectivity index (χ3n) is 6.21. The minimum atomic E-state index is -0.467. The summed E-state index contributed by atoms with van der Waals surface area (Å²) in [6, 6.07) is 25.5. The molecule has 4 rings (SSSR count). The van der Waals surface area contributed by atoms with Crippen molar-refractivity contribution in [3.63, 3.8) is 0 Å². The molecule has 6 heteroatoms. The number of carbonyl (C=O) groups is 1. The van der Waals surface area contributed by atoms with Crippen LogP contribution in [0.4, 0.5) is 5.69 Å². The third kappa shape index (κ3) is 5.84. The molecular formula is C31H27BrN2O3. The second kappa shape index (κ2) is 11.8. The number of methoxy groups -OCH3 is 1. The number of halogens is 1. The Balaban J connectivity index is 1.60. The summed E-state index contributed by atoms with van der Waals surface area (Å²) in [5, 5.41) is 14.8. The number of fused-ring (bicyclic) bond motifs is 1. The average Bonchev–Trinajstić information content (AvgIpc) is 2.91. The largest absolute Gasteiger partial charge is 0.493 e. The van der Waals surface area contributed by atoms with Crippen LogP contribution >= 0.6 is 15.9 Å². The van der Waals surface area contributed by atoms with Gasteiger partial charge in [0, 0.05) is 11.3 Å². The lowest BCUT2D eigenvalue weighted by Gasteiger charge is -2.16. The zero-order chi connectivity index (χ0) is 26.4. The monoisotopic (exact) mass is 554 g/mol. The maximum atomic E-state index is 12.9. The van der Waals surface area contributed by atoms with Crippen molar-refractivity contribution in [1.29, 1.82) is 5.26 Å². The van der Waals surface area contributed by atoms with Crippen LogP contribution in [-0.2, 0) is 17.8 Å². The lowest BCUT2D eigenvalue weighted by Crippen LogP contribution is -2.14. The van der Waals surface area contributed by atoms with E-state index in [-0.39, 0.29) is 5.57 Å². The molecular weight excluding hydrogens is 528 g/mol. The fraction of sp³-hybridized carbons (Fsp3) is 0.161. The van der Waals surface area contributed by atoms with Gasteiger partial charge in [-0.1, -0.05) is 61.5 Å². The van der Waals surface area contributed by atoms with Gasteiger partial charge in [-0.2, -0.15) is 5.26 Å². The number of benzene rings is 4. The Morgan fingerprint density at radius 1 is 1.08 bits per heavy atom. The molecule has 4 aromatic carbocycles. The normalized spacial score (nSPS) is 11.2. The van der Waals surface area contributed by atoms with Crippen LogP contribution in [0.2, 0.25) is 0 Å². The van der Waals surface area contributed by atoms with Crippen LogP contribution in [0.5, 0.6) is 11.5 Å². The standard InChI is InChI=1S/C31H27BrN2O3/c1-4-22-9-6-8-12-28(22)34-31(35)24(18-33)15-21-16-27(32)30(29(17-21)36-3)37-19-26-20(2)13-14-23-10-5-7-11-25(23)26/h5-17H,4,19H2,1-3H3,(H,34,35)/b24-15+. The molecule has 0 aromatic heterocycles. The molecule has 186 valence electrons. The van der Waals surface area contributed by atoms with Crippen LogP contribution in [0, 0.1) is 18.3 Å². The Morgan fingerprint density at radius 3 is 2.59 bits per heavy atom. The van der Waals surface area contributed by atoms with Crippen molar-refractivity contribution >= 4 is 44.4 Å². The van der Waals surface area contributed by atoms with Crippen LogP contribution in [0.1, 0.15) is 29.2 Å². The van der Waals surface area contributed by atoms with Gasteiger partial charge in [0.15, 0.2) is 11.5 Å². The summed E-state index contributed by atoms with van der Waals surface area (Å²) in [6.07, 6.45) is 2.31. The number of carbonyl (C=O) groups excluding carboxylic acids is 1. The number of anilines is 1. The molecule has 0 saturated carbocycles.